The maximum Gasteiger partial charge on any atom is 0.256 e. The molecule has 20 rings (SSSR count). The predicted molar refractivity (Wildman–Crippen MR) is 422 cm³/mol. The van der Waals surface area contributed by atoms with E-state index in [0.29, 0.717) is 0 Å². The van der Waals surface area contributed by atoms with Crippen LogP contribution in [0.2, 0.25) is 0 Å². The molecule has 6 nitrogen and oxygen atoms in total. The third-order valence-electron chi connectivity index (χ3n) is 20.8. The van der Waals surface area contributed by atoms with Gasteiger partial charge in [-0.15, -0.1) is 0 Å². The van der Waals surface area contributed by atoms with E-state index in [9.17, 15) is 0 Å². The van der Waals surface area contributed by atoms with E-state index in [1.54, 1.807) is 0 Å². The smallest absolute Gasteiger partial charge is 0.256 e. The van der Waals surface area contributed by atoms with Crippen LogP contribution >= 0.6 is 0 Å². The van der Waals surface area contributed by atoms with Gasteiger partial charge in [0.2, 0.25) is 0 Å². The molecule has 0 saturated carbocycles. The molecule has 4 heterocycles. The molecule has 4 aliphatic rings. The van der Waals surface area contributed by atoms with Crippen LogP contribution in [0.15, 0.2) is 370 Å². The van der Waals surface area contributed by atoms with Crippen molar-refractivity contribution < 1.29 is 4.74 Å². The zero-order valence-corrected chi connectivity index (χ0v) is 54.5. The summed E-state index contributed by atoms with van der Waals surface area (Å²) in [5, 5.41) is 4.76. The van der Waals surface area contributed by atoms with Crippen molar-refractivity contribution in [3.8, 4) is 33.8 Å². The summed E-state index contributed by atoms with van der Waals surface area (Å²) < 4.78 is 7.94. The van der Waals surface area contributed by atoms with E-state index in [2.05, 4.69) is 395 Å². The SMILES string of the molecule is c1ccc(-c2c3ccccc3c(-c3ccccc3N3c4cc5c(cc4B4c6ccccc6N(c6ccccc6)c6cc(N(c7ccccc7)c7ccccc7)cc3c64)B3c4ccccc4N(c4ccccc4)c4cc(N(c6ccccc6)c6ccccc6)cc(c43)O5)c3ccccc23)cc1. The zero-order chi connectivity index (χ0) is 65.8. The summed E-state index contributed by atoms with van der Waals surface area (Å²) >= 11 is 0. The van der Waals surface area contributed by atoms with Gasteiger partial charge in [-0.1, -0.05) is 249 Å². The minimum atomic E-state index is -0.235. The molecule has 0 saturated heterocycles. The third kappa shape index (κ3) is 9.00. The van der Waals surface area contributed by atoms with Gasteiger partial charge in [0.1, 0.15) is 11.5 Å². The highest BCUT2D eigenvalue weighted by Gasteiger charge is 2.48. The second-order valence-electron chi connectivity index (χ2n) is 26.2. The van der Waals surface area contributed by atoms with Crippen LogP contribution in [0.5, 0.6) is 11.5 Å². The van der Waals surface area contributed by atoms with E-state index >= 15 is 0 Å². The first-order chi connectivity index (χ1) is 49.7. The number of para-hydroxylation sites is 9. The van der Waals surface area contributed by atoms with Gasteiger partial charge in [0.25, 0.3) is 13.4 Å². The van der Waals surface area contributed by atoms with Gasteiger partial charge in [0, 0.05) is 85.9 Å². The average molecular weight is 1270 g/mol. The second kappa shape index (κ2) is 23.4. The number of anilines is 15. The Balaban J connectivity index is 0.909. The number of nitrogens with zero attached hydrogens (tertiary/aromatic N) is 5. The number of rotatable bonds is 11. The second-order valence-corrected chi connectivity index (χ2v) is 26.2. The molecule has 16 aromatic rings. The highest BCUT2D eigenvalue weighted by atomic mass is 16.5. The van der Waals surface area contributed by atoms with Crippen molar-refractivity contribution in [1.29, 1.82) is 0 Å². The van der Waals surface area contributed by atoms with Crippen molar-refractivity contribution in [2.24, 2.45) is 0 Å². The van der Waals surface area contributed by atoms with E-state index < -0.39 is 0 Å². The summed E-state index contributed by atoms with van der Waals surface area (Å²) in [4.78, 5) is 12.4. The van der Waals surface area contributed by atoms with Gasteiger partial charge < -0.3 is 29.2 Å². The molecule has 0 aromatic heterocycles. The van der Waals surface area contributed by atoms with Gasteiger partial charge in [0.15, 0.2) is 0 Å². The molecule has 0 atom stereocenters. The summed E-state index contributed by atoms with van der Waals surface area (Å²) in [6.07, 6.45) is 0. The number of hydrogen-bond acceptors (Lipinski definition) is 6. The van der Waals surface area contributed by atoms with Crippen LogP contribution in [0.1, 0.15) is 0 Å². The molecule has 100 heavy (non-hydrogen) atoms. The van der Waals surface area contributed by atoms with Crippen molar-refractivity contribution >= 4 is 153 Å². The summed E-state index contributed by atoms with van der Waals surface area (Å²) in [7, 11) is 0. The highest BCUT2D eigenvalue weighted by Crippen LogP contribution is 2.54. The zero-order valence-electron chi connectivity index (χ0n) is 54.5. The first kappa shape index (κ1) is 57.2. The lowest BCUT2D eigenvalue weighted by molar-refractivity contribution is 0.488. The molecule has 0 unspecified atom stereocenters. The number of hydrogen-bond donors (Lipinski definition) is 0. The summed E-state index contributed by atoms with van der Waals surface area (Å²) in [5.41, 5.74) is 27.7. The lowest BCUT2D eigenvalue weighted by Crippen LogP contribution is -2.64. The Morgan fingerprint density at radius 1 is 0.230 bits per heavy atom. The lowest BCUT2D eigenvalue weighted by atomic mass is 9.30. The molecule has 4 aliphatic heterocycles. The van der Waals surface area contributed by atoms with E-state index in [1.165, 1.54) is 60.1 Å². The van der Waals surface area contributed by atoms with Gasteiger partial charge in [-0.2, -0.15) is 0 Å². The third-order valence-corrected chi connectivity index (χ3v) is 20.8. The Labute approximate surface area is 582 Å². The Hall–Kier alpha value is -13.0. The largest absolute Gasteiger partial charge is 0.458 e. The van der Waals surface area contributed by atoms with Gasteiger partial charge in [-0.25, -0.2) is 0 Å². The van der Waals surface area contributed by atoms with Crippen molar-refractivity contribution in [3.63, 3.8) is 0 Å². The molecule has 0 spiro atoms. The van der Waals surface area contributed by atoms with Crippen LogP contribution in [0, 0.1) is 0 Å². The molecule has 0 N–H and O–H groups in total. The van der Waals surface area contributed by atoms with Gasteiger partial charge in [0.05, 0.1) is 17.1 Å². The predicted octanol–water partition coefficient (Wildman–Crippen LogP) is 20.8. The molecular formula is C92H61B2N5O. The fourth-order valence-electron chi connectivity index (χ4n) is 16.8. The Morgan fingerprint density at radius 3 is 1.09 bits per heavy atom. The van der Waals surface area contributed by atoms with E-state index in [-0.39, 0.29) is 13.4 Å². The van der Waals surface area contributed by atoms with E-state index in [0.717, 1.165) is 113 Å². The molecule has 0 amide bonds. The quantitative estimate of drug-likeness (QED) is 0.0946. The van der Waals surface area contributed by atoms with Crippen molar-refractivity contribution in [1.82, 2.24) is 0 Å². The monoisotopic (exact) mass is 1270 g/mol. The van der Waals surface area contributed by atoms with Crippen LogP contribution in [-0.2, 0) is 0 Å². The number of benzene rings is 16. The Morgan fingerprint density at radius 2 is 0.600 bits per heavy atom. The molecule has 466 valence electrons. The number of fused-ring (bicyclic) bond motifs is 10. The van der Waals surface area contributed by atoms with Crippen molar-refractivity contribution in [2.75, 3.05) is 24.5 Å². The first-order valence-corrected chi connectivity index (χ1v) is 34.5. The fraction of sp³-hybridized carbons (Fsp3) is 0. The minimum absolute atomic E-state index is 0.221. The van der Waals surface area contributed by atoms with E-state index in [4.69, 9.17) is 4.74 Å². The first-order valence-electron chi connectivity index (χ1n) is 34.5. The Kier molecular flexibility index (Phi) is 13.4. The van der Waals surface area contributed by atoms with Crippen LogP contribution in [0.4, 0.5) is 85.3 Å². The van der Waals surface area contributed by atoms with Crippen molar-refractivity contribution in [3.05, 3.63) is 370 Å². The molecule has 8 heteroatoms. The fourth-order valence-corrected chi connectivity index (χ4v) is 16.8. The highest BCUT2D eigenvalue weighted by molar-refractivity contribution is 7.02. The maximum atomic E-state index is 7.94. The lowest BCUT2D eigenvalue weighted by Gasteiger charge is -2.46. The van der Waals surface area contributed by atoms with Gasteiger partial charge in [-0.05, 0) is 180 Å². The van der Waals surface area contributed by atoms with E-state index in [1.807, 2.05) is 0 Å². The molecule has 0 aliphatic carbocycles. The van der Waals surface area contributed by atoms with Crippen LogP contribution in [0.3, 0.4) is 0 Å². The number of ether oxygens (including phenoxy) is 1. The molecule has 16 aromatic carbocycles. The topological polar surface area (TPSA) is 25.4 Å². The maximum absolute atomic E-state index is 7.94. The minimum Gasteiger partial charge on any atom is -0.458 e. The van der Waals surface area contributed by atoms with Crippen LogP contribution < -0.4 is 62.0 Å². The molecule has 0 radical (unpaired) electrons. The molecular weight excluding hydrogens is 1210 g/mol. The molecule has 0 bridgehead atoms. The standard InChI is InChI=1S/C92H61B2N5O/c1-8-32-62(33-9-1)89-71-46-22-24-48-73(71)90(74-49-25-23-47-72(74)89)75-50-26-29-53-80(75)99-83-61-87-79(94-77-52-28-31-55-82(77)98(68-44-20-7-21-45-68)86-58-70(59-88(100-87)92(86)94)96(65-38-14-4-15-39-65)66-40-16-5-17-41-66)60-78(83)93-76-51-27-30-54-81(76)97(67-42-18-6-19-43-67)84-56-69(57-85(99)91(84)93)95(63-34-10-2-11-35-63)64-36-12-3-13-37-64/h1-61H. The van der Waals surface area contributed by atoms with Crippen LogP contribution in [-0.4, -0.2) is 13.4 Å². The van der Waals surface area contributed by atoms with Gasteiger partial charge in [-0.3, -0.25) is 0 Å². The summed E-state index contributed by atoms with van der Waals surface area (Å²) in [6, 6.07) is 136. The normalized spacial score (nSPS) is 12.8. The Bertz CT molecular complexity index is 5730. The van der Waals surface area contributed by atoms with Crippen LogP contribution in [0.25, 0.3) is 43.8 Å². The van der Waals surface area contributed by atoms with Crippen molar-refractivity contribution in [2.45, 2.75) is 0 Å². The summed E-state index contributed by atoms with van der Waals surface area (Å²) in [6.45, 7) is -0.457. The molecule has 0 fully saturated rings. The average Bonchev–Trinajstić information content (AvgIpc) is 0.689. The summed E-state index contributed by atoms with van der Waals surface area (Å²) in [5.74, 6) is 1.62. The van der Waals surface area contributed by atoms with Gasteiger partial charge >= 0.3 is 0 Å².